The molecule has 2 fully saturated rings. The molecular weight excluding hydrogens is 255 g/mol. The minimum Gasteiger partial charge on any atom is -0.508 e. The summed E-state index contributed by atoms with van der Waals surface area (Å²) < 4.78 is 13.5. The highest BCUT2D eigenvalue weighted by Crippen LogP contribution is 2.45. The quantitative estimate of drug-likeness (QED) is 0.872. The second-order valence-corrected chi connectivity index (χ2v) is 6.71. The van der Waals surface area contributed by atoms with Crippen LogP contribution in [0.25, 0.3) is 0 Å². The zero-order valence-electron chi connectivity index (χ0n) is 12.4. The molecule has 4 heteroatoms. The third-order valence-corrected chi connectivity index (χ3v) is 5.33. The van der Waals surface area contributed by atoms with Crippen LogP contribution in [0.5, 0.6) is 5.75 Å². The van der Waals surface area contributed by atoms with Gasteiger partial charge in [0, 0.05) is 30.2 Å². The van der Waals surface area contributed by atoms with Gasteiger partial charge in [0.15, 0.2) is 0 Å². The second kappa shape index (κ2) is 4.71. The summed E-state index contributed by atoms with van der Waals surface area (Å²) in [4.78, 5) is 2.41. The van der Waals surface area contributed by atoms with Crippen LogP contribution in [0, 0.1) is 17.7 Å². The minimum atomic E-state index is -0.288. The van der Waals surface area contributed by atoms with Gasteiger partial charge in [0.25, 0.3) is 0 Å². The van der Waals surface area contributed by atoms with Crippen molar-refractivity contribution in [1.29, 1.82) is 0 Å². The first kappa shape index (κ1) is 13.8. The van der Waals surface area contributed by atoms with Gasteiger partial charge < -0.3 is 10.4 Å². The van der Waals surface area contributed by atoms with Gasteiger partial charge in [0.2, 0.25) is 0 Å². The molecule has 0 aliphatic carbocycles. The number of nitrogens with one attached hydrogen (secondary N) is 1. The van der Waals surface area contributed by atoms with Crippen LogP contribution in [0.15, 0.2) is 18.2 Å². The van der Waals surface area contributed by atoms with Gasteiger partial charge in [-0.3, -0.25) is 4.90 Å². The zero-order chi connectivity index (χ0) is 14.5. The summed E-state index contributed by atoms with van der Waals surface area (Å²) in [6, 6.07) is 4.24. The maximum atomic E-state index is 13.5. The third kappa shape index (κ3) is 2.02. The van der Waals surface area contributed by atoms with Crippen molar-refractivity contribution >= 4 is 0 Å². The van der Waals surface area contributed by atoms with Crippen molar-refractivity contribution in [3.8, 4) is 5.75 Å². The van der Waals surface area contributed by atoms with Crippen LogP contribution in [0.4, 0.5) is 4.39 Å². The zero-order valence-corrected chi connectivity index (χ0v) is 12.4. The molecule has 2 aliphatic rings. The molecule has 3 rings (SSSR count). The van der Waals surface area contributed by atoms with Crippen molar-refractivity contribution in [3.63, 3.8) is 0 Å². The minimum absolute atomic E-state index is 0.0197. The molecule has 0 saturated carbocycles. The molecule has 110 valence electrons. The largest absolute Gasteiger partial charge is 0.508 e. The number of likely N-dealkylation sites (tertiary alicyclic amines) is 1. The van der Waals surface area contributed by atoms with Crippen molar-refractivity contribution in [2.75, 3.05) is 19.6 Å². The molecule has 2 aliphatic heterocycles. The van der Waals surface area contributed by atoms with Crippen LogP contribution in [0.3, 0.4) is 0 Å². The molecule has 3 atom stereocenters. The van der Waals surface area contributed by atoms with Gasteiger partial charge in [-0.1, -0.05) is 0 Å². The lowest BCUT2D eigenvalue weighted by Gasteiger charge is -2.40. The molecule has 0 aromatic heterocycles. The summed E-state index contributed by atoms with van der Waals surface area (Å²) in [5.74, 6) is 1.18. The van der Waals surface area contributed by atoms with Gasteiger partial charge in [0.1, 0.15) is 11.6 Å². The number of benzene rings is 1. The fourth-order valence-corrected chi connectivity index (χ4v) is 4.14. The van der Waals surface area contributed by atoms with E-state index in [0.29, 0.717) is 17.4 Å². The number of fused-ring (bicyclic) bond motifs is 1. The van der Waals surface area contributed by atoms with E-state index < -0.39 is 0 Å². The number of hydrogen-bond donors (Lipinski definition) is 2. The highest BCUT2D eigenvalue weighted by atomic mass is 19.1. The van der Waals surface area contributed by atoms with E-state index in [0.717, 1.165) is 19.6 Å². The number of nitrogens with zero attached hydrogens (tertiary/aromatic N) is 1. The topological polar surface area (TPSA) is 35.5 Å². The lowest BCUT2D eigenvalue weighted by atomic mass is 9.84. The maximum absolute atomic E-state index is 13.5. The van der Waals surface area contributed by atoms with E-state index in [2.05, 4.69) is 31.0 Å². The average Bonchev–Trinajstić information content (AvgIpc) is 2.94. The molecule has 0 spiro atoms. The molecule has 2 N–H and O–H groups in total. The van der Waals surface area contributed by atoms with Gasteiger partial charge in [-0.2, -0.15) is 0 Å². The Kier molecular flexibility index (Phi) is 3.26. The SMILES string of the molecule is CC(c1cc(F)ccc1O)N1CC2CNCC2C1(C)C. The summed E-state index contributed by atoms with van der Waals surface area (Å²) in [5.41, 5.74) is 0.748. The molecule has 20 heavy (non-hydrogen) atoms. The highest BCUT2D eigenvalue weighted by Gasteiger charge is 2.51. The van der Waals surface area contributed by atoms with Crippen molar-refractivity contribution in [2.24, 2.45) is 11.8 Å². The molecule has 1 aromatic carbocycles. The van der Waals surface area contributed by atoms with Gasteiger partial charge in [-0.15, -0.1) is 0 Å². The summed E-state index contributed by atoms with van der Waals surface area (Å²) in [5, 5.41) is 13.5. The van der Waals surface area contributed by atoms with E-state index >= 15 is 0 Å². The van der Waals surface area contributed by atoms with Crippen molar-refractivity contribution in [1.82, 2.24) is 10.2 Å². The maximum Gasteiger partial charge on any atom is 0.123 e. The summed E-state index contributed by atoms with van der Waals surface area (Å²) >= 11 is 0. The van der Waals surface area contributed by atoms with Gasteiger partial charge >= 0.3 is 0 Å². The van der Waals surface area contributed by atoms with E-state index in [1.54, 1.807) is 0 Å². The summed E-state index contributed by atoms with van der Waals surface area (Å²) in [6.45, 7) is 9.70. The van der Waals surface area contributed by atoms with Crippen molar-refractivity contribution in [2.45, 2.75) is 32.4 Å². The van der Waals surface area contributed by atoms with Crippen molar-refractivity contribution in [3.05, 3.63) is 29.6 Å². The Morgan fingerprint density at radius 1 is 1.40 bits per heavy atom. The van der Waals surface area contributed by atoms with E-state index in [1.165, 1.54) is 18.2 Å². The predicted molar refractivity (Wildman–Crippen MR) is 77.1 cm³/mol. The fourth-order valence-electron chi connectivity index (χ4n) is 4.14. The molecule has 0 amide bonds. The van der Waals surface area contributed by atoms with Crippen LogP contribution in [0.2, 0.25) is 0 Å². The highest BCUT2D eigenvalue weighted by molar-refractivity contribution is 5.35. The molecule has 1 aromatic rings. The number of phenolic OH excluding ortho intramolecular Hbond substituents is 1. The van der Waals surface area contributed by atoms with Crippen LogP contribution >= 0.6 is 0 Å². The lowest BCUT2D eigenvalue weighted by Crippen LogP contribution is -2.45. The second-order valence-electron chi connectivity index (χ2n) is 6.71. The summed E-state index contributed by atoms with van der Waals surface area (Å²) in [7, 11) is 0. The lowest BCUT2D eigenvalue weighted by molar-refractivity contribution is 0.0956. The smallest absolute Gasteiger partial charge is 0.123 e. The molecule has 2 heterocycles. The van der Waals surface area contributed by atoms with E-state index in [1.807, 2.05) is 0 Å². The first-order valence-electron chi connectivity index (χ1n) is 7.37. The fraction of sp³-hybridized carbons (Fsp3) is 0.625. The first-order chi connectivity index (χ1) is 9.41. The van der Waals surface area contributed by atoms with E-state index in [-0.39, 0.29) is 23.1 Å². The Bertz CT molecular complexity index is 517. The Morgan fingerprint density at radius 2 is 2.15 bits per heavy atom. The predicted octanol–water partition coefficient (Wildman–Crippen LogP) is 2.52. The number of rotatable bonds is 2. The van der Waals surface area contributed by atoms with E-state index in [4.69, 9.17) is 0 Å². The monoisotopic (exact) mass is 278 g/mol. The number of hydrogen-bond acceptors (Lipinski definition) is 3. The molecule has 2 saturated heterocycles. The van der Waals surface area contributed by atoms with Crippen LogP contribution in [-0.4, -0.2) is 35.2 Å². The molecule has 0 radical (unpaired) electrons. The first-order valence-corrected chi connectivity index (χ1v) is 7.37. The normalized spacial score (nSPS) is 30.4. The summed E-state index contributed by atoms with van der Waals surface area (Å²) in [6.07, 6.45) is 0. The molecular formula is C16H23FN2O. The number of phenols is 1. The molecule has 3 unspecified atom stereocenters. The Hall–Kier alpha value is -1.13. The van der Waals surface area contributed by atoms with Gasteiger partial charge in [-0.25, -0.2) is 4.39 Å². The molecule has 0 bridgehead atoms. The Labute approximate surface area is 119 Å². The average molecular weight is 278 g/mol. The molecule has 3 nitrogen and oxygen atoms in total. The van der Waals surface area contributed by atoms with Crippen LogP contribution in [-0.2, 0) is 0 Å². The number of halogens is 1. The van der Waals surface area contributed by atoms with Crippen LogP contribution in [0.1, 0.15) is 32.4 Å². The van der Waals surface area contributed by atoms with Crippen LogP contribution < -0.4 is 5.32 Å². The Balaban J connectivity index is 1.91. The standard InChI is InChI=1S/C16H23FN2O/c1-10(13-6-12(17)4-5-15(13)20)19-9-11-7-18-8-14(11)16(19,2)3/h4-6,10-11,14,18,20H,7-9H2,1-3H3. The third-order valence-electron chi connectivity index (χ3n) is 5.33. The van der Waals surface area contributed by atoms with Gasteiger partial charge in [0.05, 0.1) is 0 Å². The van der Waals surface area contributed by atoms with E-state index in [9.17, 15) is 9.50 Å². The Morgan fingerprint density at radius 3 is 2.85 bits per heavy atom. The number of aromatic hydroxyl groups is 1. The van der Waals surface area contributed by atoms with Crippen molar-refractivity contribution < 1.29 is 9.50 Å². The van der Waals surface area contributed by atoms with Gasteiger partial charge in [-0.05, 0) is 57.4 Å².